The molecule has 3 heteroatoms. The molecule has 4 aromatic rings. The minimum atomic E-state index is -0.153. The fourth-order valence-corrected chi connectivity index (χ4v) is 5.29. The molecule has 0 fully saturated rings. The third kappa shape index (κ3) is 4.92. The largest absolute Gasteiger partial charge is 0.457 e. The van der Waals surface area contributed by atoms with E-state index in [0.29, 0.717) is 11.1 Å². The van der Waals surface area contributed by atoms with E-state index in [1.165, 1.54) is 30.4 Å². The highest BCUT2D eigenvalue weighted by atomic mass is 16.3. The van der Waals surface area contributed by atoms with E-state index in [2.05, 4.69) is 51.2 Å². The number of nitrogens with one attached hydrogen (secondary N) is 1. The lowest BCUT2D eigenvalue weighted by atomic mass is 9.72. The number of rotatable bonds is 5. The lowest BCUT2D eigenvalue weighted by molar-refractivity contribution is 0.102. The second-order valence-corrected chi connectivity index (χ2v) is 10.5. The van der Waals surface area contributed by atoms with Gasteiger partial charge in [0.25, 0.3) is 5.91 Å². The Labute approximate surface area is 213 Å². The van der Waals surface area contributed by atoms with Gasteiger partial charge < -0.3 is 9.73 Å². The van der Waals surface area contributed by atoms with Crippen LogP contribution in [0.3, 0.4) is 0 Å². The number of fused-ring (bicyclic) bond motifs is 2. The van der Waals surface area contributed by atoms with Gasteiger partial charge in [0.15, 0.2) is 0 Å². The first-order chi connectivity index (χ1) is 17.3. The molecule has 1 amide bonds. The number of hydrogen-bond donors (Lipinski definition) is 1. The molecule has 1 aliphatic rings. The van der Waals surface area contributed by atoms with Crippen molar-refractivity contribution in [3.05, 3.63) is 107 Å². The highest BCUT2D eigenvalue weighted by molar-refractivity contribution is 6.10. The molecule has 182 valence electrons. The van der Waals surface area contributed by atoms with Gasteiger partial charge in [-0.25, -0.2) is 0 Å². The number of hydrogen-bond acceptors (Lipinski definition) is 2. The summed E-state index contributed by atoms with van der Waals surface area (Å²) in [4.78, 5) is 13.0. The first kappa shape index (κ1) is 23.9. The summed E-state index contributed by atoms with van der Waals surface area (Å²) in [7, 11) is 0. The average Bonchev–Trinajstić information content (AvgIpc) is 3.25. The number of anilines is 1. The zero-order valence-electron chi connectivity index (χ0n) is 21.5. The summed E-state index contributed by atoms with van der Waals surface area (Å²) in [6.07, 6.45) is 10.2. The predicted molar refractivity (Wildman–Crippen MR) is 151 cm³/mol. The summed E-state index contributed by atoms with van der Waals surface area (Å²) in [5.41, 5.74) is 6.37. The molecule has 0 radical (unpaired) electrons. The quantitative estimate of drug-likeness (QED) is 0.292. The summed E-state index contributed by atoms with van der Waals surface area (Å²) < 4.78 is 6.10. The minimum absolute atomic E-state index is 0.153. The van der Waals surface area contributed by atoms with Gasteiger partial charge in [-0.3, -0.25) is 4.79 Å². The van der Waals surface area contributed by atoms with Crippen molar-refractivity contribution < 1.29 is 9.21 Å². The Bertz CT molecular complexity index is 1540. The summed E-state index contributed by atoms with van der Waals surface area (Å²) in [5, 5.41) is 6.15. The van der Waals surface area contributed by atoms with Gasteiger partial charge in [0.2, 0.25) is 0 Å². The van der Waals surface area contributed by atoms with E-state index in [1.54, 1.807) is 0 Å². The van der Waals surface area contributed by atoms with Crippen LogP contribution in [0, 0.1) is 5.41 Å². The van der Waals surface area contributed by atoms with Gasteiger partial charge in [-0.1, -0.05) is 74.0 Å². The average molecular weight is 476 g/mol. The zero-order chi connectivity index (χ0) is 25.3. The number of amides is 1. The Morgan fingerprint density at radius 2 is 1.81 bits per heavy atom. The molecule has 0 saturated heterocycles. The van der Waals surface area contributed by atoms with Gasteiger partial charge in [0.1, 0.15) is 11.3 Å². The number of allylic oxidation sites excluding steroid dienone is 5. The van der Waals surface area contributed by atoms with Crippen LogP contribution in [0.2, 0.25) is 0 Å². The van der Waals surface area contributed by atoms with E-state index >= 15 is 0 Å². The van der Waals surface area contributed by atoms with E-state index in [1.807, 2.05) is 66.7 Å². The summed E-state index contributed by atoms with van der Waals surface area (Å²) in [6, 6.07) is 21.6. The number of furan rings is 1. The Balaban J connectivity index is 1.36. The molecular formula is C33H33NO2. The van der Waals surface area contributed by atoms with E-state index in [4.69, 9.17) is 4.42 Å². The topological polar surface area (TPSA) is 42.2 Å². The van der Waals surface area contributed by atoms with Crippen molar-refractivity contribution in [3.8, 4) is 0 Å². The fourth-order valence-electron chi connectivity index (χ4n) is 5.29. The van der Waals surface area contributed by atoms with Crippen LogP contribution in [-0.2, 0) is 0 Å². The van der Waals surface area contributed by atoms with Gasteiger partial charge in [0, 0.05) is 22.0 Å². The minimum Gasteiger partial charge on any atom is -0.457 e. The molecule has 0 unspecified atom stereocenters. The highest BCUT2D eigenvalue weighted by Gasteiger charge is 2.26. The van der Waals surface area contributed by atoms with Crippen LogP contribution in [0.5, 0.6) is 0 Å². The van der Waals surface area contributed by atoms with Gasteiger partial charge in [-0.15, -0.1) is 0 Å². The Hall–Kier alpha value is -3.85. The van der Waals surface area contributed by atoms with Crippen molar-refractivity contribution in [3.63, 3.8) is 0 Å². The van der Waals surface area contributed by atoms with Gasteiger partial charge in [-0.05, 0) is 85.4 Å². The molecule has 1 aromatic heterocycles. The van der Waals surface area contributed by atoms with Crippen LogP contribution in [-0.4, -0.2) is 5.91 Å². The van der Waals surface area contributed by atoms with E-state index < -0.39 is 0 Å². The van der Waals surface area contributed by atoms with Crippen molar-refractivity contribution in [1.29, 1.82) is 0 Å². The van der Waals surface area contributed by atoms with Gasteiger partial charge in [0.05, 0.1) is 0 Å². The van der Waals surface area contributed by atoms with Crippen LogP contribution in [0.4, 0.5) is 5.69 Å². The first-order valence-corrected chi connectivity index (χ1v) is 12.7. The van der Waals surface area contributed by atoms with E-state index in [-0.39, 0.29) is 11.3 Å². The molecular weight excluding hydrogens is 442 g/mol. The zero-order valence-corrected chi connectivity index (χ0v) is 21.5. The SMILES string of the molecule is CC(C=CC1=C(C)CCCC1(C)C)=Cc1cc2ccc(C(=O)Nc3cccc4ccccc34)cc2o1. The monoisotopic (exact) mass is 475 g/mol. The van der Waals surface area contributed by atoms with E-state index in [9.17, 15) is 4.79 Å². The molecule has 36 heavy (non-hydrogen) atoms. The second-order valence-electron chi connectivity index (χ2n) is 10.5. The fraction of sp³-hybridized carbons (Fsp3) is 0.242. The summed E-state index contributed by atoms with van der Waals surface area (Å²) >= 11 is 0. The molecule has 0 bridgehead atoms. The van der Waals surface area contributed by atoms with Crippen LogP contribution < -0.4 is 5.32 Å². The number of benzene rings is 3. The standard InChI is InChI=1S/C33H33NO2/c1-22(14-17-29-23(2)9-8-18-33(29,3)4)19-27-20-25-15-16-26(21-31(25)36-27)32(35)34-30-13-7-11-24-10-5-6-12-28(24)30/h5-7,10-17,19-21H,8-9,18H2,1-4H3,(H,34,35). The smallest absolute Gasteiger partial charge is 0.255 e. The van der Waals surface area contributed by atoms with Crippen molar-refractivity contribution >= 4 is 39.4 Å². The lowest BCUT2D eigenvalue weighted by Crippen LogP contribution is -2.19. The number of carbonyl (C=O) groups is 1. The molecule has 5 rings (SSSR count). The predicted octanol–water partition coefficient (Wildman–Crippen LogP) is 9.32. The van der Waals surface area contributed by atoms with Crippen molar-refractivity contribution in [2.24, 2.45) is 5.41 Å². The Morgan fingerprint density at radius 3 is 2.64 bits per heavy atom. The van der Waals surface area contributed by atoms with Crippen LogP contribution in [0.1, 0.15) is 63.1 Å². The third-order valence-electron chi connectivity index (χ3n) is 7.26. The molecule has 3 nitrogen and oxygen atoms in total. The molecule has 3 aromatic carbocycles. The lowest BCUT2D eigenvalue weighted by Gasteiger charge is -2.32. The maximum atomic E-state index is 13.0. The molecule has 1 N–H and O–H groups in total. The third-order valence-corrected chi connectivity index (χ3v) is 7.26. The van der Waals surface area contributed by atoms with Gasteiger partial charge in [-0.2, -0.15) is 0 Å². The maximum Gasteiger partial charge on any atom is 0.255 e. The highest BCUT2D eigenvalue weighted by Crippen LogP contribution is 2.40. The van der Waals surface area contributed by atoms with Crippen molar-refractivity contribution in [2.75, 3.05) is 5.32 Å². The molecule has 0 aliphatic heterocycles. The second kappa shape index (κ2) is 9.66. The summed E-state index contributed by atoms with van der Waals surface area (Å²) in [6.45, 7) is 9.02. The molecule has 0 spiro atoms. The van der Waals surface area contributed by atoms with Crippen LogP contribution >= 0.6 is 0 Å². The maximum absolute atomic E-state index is 13.0. The number of carbonyl (C=O) groups excluding carboxylic acids is 1. The molecule has 1 aliphatic carbocycles. The van der Waals surface area contributed by atoms with Crippen LogP contribution in [0.15, 0.2) is 100 Å². The normalized spacial score (nSPS) is 16.3. The Kier molecular flexibility index (Phi) is 6.40. The summed E-state index contributed by atoms with van der Waals surface area (Å²) in [5.74, 6) is 0.631. The van der Waals surface area contributed by atoms with Crippen molar-refractivity contribution in [1.82, 2.24) is 0 Å². The van der Waals surface area contributed by atoms with Crippen molar-refractivity contribution in [2.45, 2.75) is 47.0 Å². The molecule has 0 saturated carbocycles. The van der Waals surface area contributed by atoms with E-state index in [0.717, 1.165) is 33.2 Å². The van der Waals surface area contributed by atoms with Crippen LogP contribution in [0.25, 0.3) is 27.8 Å². The molecule has 1 heterocycles. The van der Waals surface area contributed by atoms with Gasteiger partial charge >= 0.3 is 0 Å². The Morgan fingerprint density at radius 1 is 1.00 bits per heavy atom. The molecule has 0 atom stereocenters. The first-order valence-electron chi connectivity index (χ1n) is 12.7.